The normalized spacial score (nSPS) is 23.3. The maximum Gasteiger partial charge on any atom is 0.337 e. The van der Waals surface area contributed by atoms with Gasteiger partial charge in [-0.1, -0.05) is 32.0 Å². The van der Waals surface area contributed by atoms with Crippen molar-refractivity contribution in [1.29, 1.82) is 0 Å². The van der Waals surface area contributed by atoms with Crippen molar-refractivity contribution in [2.45, 2.75) is 91.3 Å². The first-order valence-electron chi connectivity index (χ1n) is 11.9. The number of ketones is 1. The van der Waals surface area contributed by atoms with Crippen LogP contribution in [-0.4, -0.2) is 24.0 Å². The Morgan fingerprint density at radius 3 is 2.50 bits per heavy atom. The lowest BCUT2D eigenvalue weighted by molar-refractivity contribution is -0.144. The third-order valence-corrected chi connectivity index (χ3v) is 6.63. The van der Waals surface area contributed by atoms with Crippen LogP contribution in [-0.2, 0) is 14.3 Å². The van der Waals surface area contributed by atoms with Gasteiger partial charge in [-0.2, -0.15) is 0 Å². The number of hydrogen-bond donors (Lipinski definition) is 1. The number of carbonyl (C=O) groups excluding carboxylic acids is 2. The fourth-order valence-corrected chi connectivity index (χ4v) is 5.32. The molecular weight excluding hydrogens is 402 g/mol. The molecule has 5 heteroatoms. The molecule has 1 heterocycles. The van der Waals surface area contributed by atoms with E-state index < -0.39 is 5.92 Å². The minimum Gasteiger partial charge on any atom is -0.491 e. The SMILES string of the molecule is CC1=C(C(=O)OC2CCCC2)[C@H](c2ccccc2OC(C)C)C2=C(CC(C)(C)CC2=O)N1. The topological polar surface area (TPSA) is 64.6 Å². The Bertz CT molecular complexity index is 979. The second kappa shape index (κ2) is 8.76. The van der Waals surface area contributed by atoms with E-state index in [4.69, 9.17) is 9.47 Å². The molecule has 1 atom stereocenters. The number of Topliss-reactive ketones (excluding diaryl/α,β-unsaturated/α-hetero) is 1. The summed E-state index contributed by atoms with van der Waals surface area (Å²) in [6.45, 7) is 10.1. The molecule has 4 rings (SSSR count). The molecule has 1 saturated carbocycles. The molecule has 1 fully saturated rings. The number of para-hydroxylation sites is 1. The van der Waals surface area contributed by atoms with Gasteiger partial charge in [0.1, 0.15) is 11.9 Å². The predicted molar refractivity (Wildman–Crippen MR) is 124 cm³/mol. The number of allylic oxidation sites excluding steroid dienone is 3. The number of dihydropyridines is 1. The highest BCUT2D eigenvalue weighted by Gasteiger charge is 2.44. The summed E-state index contributed by atoms with van der Waals surface area (Å²) in [7, 11) is 0. The van der Waals surface area contributed by atoms with Crippen molar-refractivity contribution in [2.75, 3.05) is 0 Å². The second-order valence-electron chi connectivity index (χ2n) is 10.4. The molecule has 0 aromatic heterocycles. The number of ether oxygens (including phenoxy) is 2. The molecule has 1 aliphatic heterocycles. The standard InChI is InChI=1S/C27H35NO4/c1-16(2)31-22-13-9-8-12-19(22)24-23(26(30)32-18-10-6-7-11-18)17(3)28-20-14-27(4,5)15-21(29)25(20)24/h8-9,12-13,16,18,24,28H,6-7,10-11,14-15H2,1-5H3/t24-/m0/s1. The van der Waals surface area contributed by atoms with Crippen molar-refractivity contribution in [3.05, 3.63) is 52.4 Å². The average molecular weight is 438 g/mol. The molecule has 172 valence electrons. The van der Waals surface area contributed by atoms with E-state index in [2.05, 4.69) is 19.2 Å². The molecule has 0 saturated heterocycles. The van der Waals surface area contributed by atoms with E-state index in [1.807, 2.05) is 45.0 Å². The van der Waals surface area contributed by atoms with Crippen LogP contribution in [0.2, 0.25) is 0 Å². The van der Waals surface area contributed by atoms with Gasteiger partial charge in [-0.25, -0.2) is 4.79 Å². The first-order chi connectivity index (χ1) is 15.2. The van der Waals surface area contributed by atoms with Crippen LogP contribution in [0, 0.1) is 5.41 Å². The second-order valence-corrected chi connectivity index (χ2v) is 10.4. The van der Waals surface area contributed by atoms with Crippen molar-refractivity contribution >= 4 is 11.8 Å². The molecule has 0 unspecified atom stereocenters. The molecule has 0 amide bonds. The summed E-state index contributed by atoms with van der Waals surface area (Å²) >= 11 is 0. The molecule has 0 spiro atoms. The highest BCUT2D eigenvalue weighted by molar-refractivity contribution is 6.04. The quantitative estimate of drug-likeness (QED) is 0.611. The Hall–Kier alpha value is -2.56. The van der Waals surface area contributed by atoms with E-state index in [0.29, 0.717) is 23.3 Å². The van der Waals surface area contributed by atoms with E-state index in [9.17, 15) is 9.59 Å². The minimum absolute atomic E-state index is 0.0220. The Kier molecular flexibility index (Phi) is 6.19. The Morgan fingerprint density at radius 1 is 1.12 bits per heavy atom. The molecule has 3 aliphatic rings. The van der Waals surface area contributed by atoms with Crippen LogP contribution in [0.15, 0.2) is 46.8 Å². The third-order valence-electron chi connectivity index (χ3n) is 6.63. The predicted octanol–water partition coefficient (Wildman–Crippen LogP) is 5.56. The molecule has 1 aromatic rings. The summed E-state index contributed by atoms with van der Waals surface area (Å²) in [5, 5.41) is 3.42. The summed E-state index contributed by atoms with van der Waals surface area (Å²) in [5.74, 6) is -0.0150. The first kappa shape index (κ1) is 22.6. The van der Waals surface area contributed by atoms with Gasteiger partial charge in [0.05, 0.1) is 17.6 Å². The summed E-state index contributed by atoms with van der Waals surface area (Å²) in [6, 6.07) is 7.76. The monoisotopic (exact) mass is 437 g/mol. The zero-order chi connectivity index (χ0) is 23.0. The number of carbonyl (C=O) groups is 2. The van der Waals surface area contributed by atoms with Gasteiger partial charge in [-0.3, -0.25) is 4.79 Å². The van der Waals surface area contributed by atoms with E-state index >= 15 is 0 Å². The van der Waals surface area contributed by atoms with Gasteiger partial charge in [0.15, 0.2) is 5.78 Å². The van der Waals surface area contributed by atoms with Crippen LogP contribution in [0.5, 0.6) is 5.75 Å². The molecule has 0 radical (unpaired) electrons. The molecule has 0 bridgehead atoms. The number of esters is 1. The summed E-state index contributed by atoms with van der Waals surface area (Å²) in [4.78, 5) is 27.0. The lowest BCUT2D eigenvalue weighted by atomic mass is 9.68. The summed E-state index contributed by atoms with van der Waals surface area (Å²) in [6.07, 6.45) is 5.15. The smallest absolute Gasteiger partial charge is 0.337 e. The fourth-order valence-electron chi connectivity index (χ4n) is 5.32. The number of rotatable bonds is 5. The highest BCUT2D eigenvalue weighted by atomic mass is 16.5. The van der Waals surface area contributed by atoms with Crippen LogP contribution in [0.4, 0.5) is 0 Å². The first-order valence-corrected chi connectivity index (χ1v) is 11.9. The highest BCUT2D eigenvalue weighted by Crippen LogP contribution is 2.48. The average Bonchev–Trinajstić information content (AvgIpc) is 3.18. The minimum atomic E-state index is -0.487. The molecule has 5 nitrogen and oxygen atoms in total. The molecule has 1 aromatic carbocycles. The van der Waals surface area contributed by atoms with Crippen LogP contribution in [0.25, 0.3) is 0 Å². The van der Waals surface area contributed by atoms with Crippen molar-refractivity contribution < 1.29 is 19.1 Å². The molecular formula is C27H35NO4. The van der Waals surface area contributed by atoms with Gasteiger partial charge in [-0.05, 0) is 64.4 Å². The van der Waals surface area contributed by atoms with E-state index in [0.717, 1.165) is 49.1 Å². The summed E-state index contributed by atoms with van der Waals surface area (Å²) in [5.41, 5.74) is 3.63. The van der Waals surface area contributed by atoms with Gasteiger partial charge in [0.2, 0.25) is 0 Å². The lowest BCUT2D eigenvalue weighted by Gasteiger charge is -2.40. The lowest BCUT2D eigenvalue weighted by Crippen LogP contribution is -2.39. The van der Waals surface area contributed by atoms with E-state index in [1.54, 1.807) is 0 Å². The van der Waals surface area contributed by atoms with Crippen LogP contribution >= 0.6 is 0 Å². The maximum atomic E-state index is 13.5. The van der Waals surface area contributed by atoms with Crippen molar-refractivity contribution in [3.8, 4) is 5.75 Å². The molecule has 1 N–H and O–H groups in total. The molecule has 32 heavy (non-hydrogen) atoms. The zero-order valence-electron chi connectivity index (χ0n) is 19.9. The van der Waals surface area contributed by atoms with Gasteiger partial charge in [0.25, 0.3) is 0 Å². The van der Waals surface area contributed by atoms with Gasteiger partial charge in [-0.15, -0.1) is 0 Å². The third kappa shape index (κ3) is 4.48. The number of hydrogen-bond acceptors (Lipinski definition) is 5. The van der Waals surface area contributed by atoms with Crippen LogP contribution < -0.4 is 10.1 Å². The largest absolute Gasteiger partial charge is 0.491 e. The van der Waals surface area contributed by atoms with Gasteiger partial charge in [0, 0.05) is 29.0 Å². The zero-order valence-corrected chi connectivity index (χ0v) is 19.9. The Morgan fingerprint density at radius 2 is 1.81 bits per heavy atom. The maximum absolute atomic E-state index is 13.5. The van der Waals surface area contributed by atoms with Crippen LogP contribution in [0.3, 0.4) is 0 Å². The van der Waals surface area contributed by atoms with Crippen molar-refractivity contribution in [2.24, 2.45) is 5.41 Å². The Labute approximate surface area is 191 Å². The summed E-state index contributed by atoms with van der Waals surface area (Å²) < 4.78 is 12.1. The number of benzene rings is 1. The van der Waals surface area contributed by atoms with Crippen molar-refractivity contribution in [3.63, 3.8) is 0 Å². The molecule has 2 aliphatic carbocycles. The van der Waals surface area contributed by atoms with E-state index in [-0.39, 0.29) is 29.4 Å². The van der Waals surface area contributed by atoms with Gasteiger partial charge < -0.3 is 14.8 Å². The Balaban J connectivity index is 1.83. The van der Waals surface area contributed by atoms with Crippen LogP contribution in [0.1, 0.15) is 84.6 Å². The number of nitrogens with one attached hydrogen (secondary N) is 1. The fraction of sp³-hybridized carbons (Fsp3) is 0.556. The van der Waals surface area contributed by atoms with E-state index in [1.165, 1.54) is 0 Å². The van der Waals surface area contributed by atoms with Gasteiger partial charge >= 0.3 is 5.97 Å². The van der Waals surface area contributed by atoms with Crippen molar-refractivity contribution in [1.82, 2.24) is 5.32 Å².